The Labute approximate surface area is 147 Å². The fraction of sp³-hybridized carbons (Fsp3) is 0.500. The van der Waals surface area contributed by atoms with Gasteiger partial charge in [0.25, 0.3) is 0 Å². The van der Waals surface area contributed by atoms with Crippen LogP contribution in [0, 0.1) is 25.6 Å². The number of carbonyl (C=O) groups is 1. The molecule has 4 rings (SSSR count). The van der Waals surface area contributed by atoms with Crippen LogP contribution in [0.1, 0.15) is 48.2 Å². The third-order valence-electron chi connectivity index (χ3n) is 5.48. The van der Waals surface area contributed by atoms with E-state index in [1.165, 1.54) is 6.07 Å². The summed E-state index contributed by atoms with van der Waals surface area (Å²) in [6, 6.07) is 9.01. The van der Waals surface area contributed by atoms with Crippen molar-refractivity contribution in [1.29, 1.82) is 0 Å². The van der Waals surface area contributed by atoms with Crippen molar-refractivity contribution in [1.82, 2.24) is 14.7 Å². The van der Waals surface area contributed by atoms with Gasteiger partial charge in [-0.3, -0.25) is 9.48 Å². The third kappa shape index (κ3) is 3.20. The molecule has 1 aromatic heterocycles. The molecule has 2 aromatic rings. The standard InChI is InChI=1S/C20H24FN3O/c1-13-9-14(2)24(22-13)17-7-4-8-23(12-17)20(25)19-11-18(19)15-5-3-6-16(21)10-15/h3,5-6,9-10,17-19H,4,7-8,11-12H2,1-2H3/t17-,18-,19+/m1/s1. The number of amides is 1. The second kappa shape index (κ2) is 6.28. The highest BCUT2D eigenvalue weighted by Gasteiger charge is 2.46. The van der Waals surface area contributed by atoms with Crippen molar-refractivity contribution in [2.75, 3.05) is 13.1 Å². The number of carbonyl (C=O) groups excluding carboxylic acids is 1. The Balaban J connectivity index is 1.43. The zero-order valence-electron chi connectivity index (χ0n) is 14.8. The lowest BCUT2D eigenvalue weighted by atomic mass is 10.0. The van der Waals surface area contributed by atoms with Gasteiger partial charge in [-0.2, -0.15) is 5.10 Å². The summed E-state index contributed by atoms with van der Waals surface area (Å²) in [6.07, 6.45) is 2.90. The van der Waals surface area contributed by atoms with Crippen LogP contribution >= 0.6 is 0 Å². The van der Waals surface area contributed by atoms with Crippen molar-refractivity contribution in [3.05, 3.63) is 53.1 Å². The first-order chi connectivity index (χ1) is 12.0. The molecule has 0 N–H and O–H groups in total. The highest BCUT2D eigenvalue weighted by molar-refractivity contribution is 5.83. The molecule has 1 aromatic carbocycles. The van der Waals surface area contributed by atoms with Crippen molar-refractivity contribution in [3.63, 3.8) is 0 Å². The lowest BCUT2D eigenvalue weighted by Gasteiger charge is -2.33. The molecule has 0 spiro atoms. The van der Waals surface area contributed by atoms with Crippen LogP contribution in [0.25, 0.3) is 0 Å². The van der Waals surface area contributed by atoms with Crippen molar-refractivity contribution < 1.29 is 9.18 Å². The van der Waals surface area contributed by atoms with Gasteiger partial charge >= 0.3 is 0 Å². The van der Waals surface area contributed by atoms with Gasteiger partial charge < -0.3 is 4.90 Å². The zero-order valence-corrected chi connectivity index (χ0v) is 14.8. The molecule has 0 unspecified atom stereocenters. The van der Waals surface area contributed by atoms with E-state index in [2.05, 4.69) is 22.8 Å². The van der Waals surface area contributed by atoms with E-state index >= 15 is 0 Å². The van der Waals surface area contributed by atoms with E-state index in [4.69, 9.17) is 0 Å². The normalized spacial score (nSPS) is 25.9. The number of rotatable bonds is 3. The van der Waals surface area contributed by atoms with E-state index in [0.717, 1.165) is 49.3 Å². The largest absolute Gasteiger partial charge is 0.340 e. The Bertz CT molecular complexity index is 800. The summed E-state index contributed by atoms with van der Waals surface area (Å²) in [4.78, 5) is 14.9. The Morgan fingerprint density at radius 2 is 2.12 bits per heavy atom. The van der Waals surface area contributed by atoms with Crippen LogP contribution in [0.15, 0.2) is 30.3 Å². The minimum Gasteiger partial charge on any atom is -0.340 e. The molecule has 1 saturated heterocycles. The first-order valence-corrected chi connectivity index (χ1v) is 9.10. The van der Waals surface area contributed by atoms with Gasteiger partial charge in [0.15, 0.2) is 0 Å². The highest BCUT2D eigenvalue weighted by atomic mass is 19.1. The van der Waals surface area contributed by atoms with Gasteiger partial charge in [-0.1, -0.05) is 12.1 Å². The fourth-order valence-corrected chi connectivity index (χ4v) is 4.18. The van der Waals surface area contributed by atoms with Crippen LogP contribution in [0.2, 0.25) is 0 Å². The first-order valence-electron chi connectivity index (χ1n) is 9.10. The maximum Gasteiger partial charge on any atom is 0.226 e. The second-order valence-corrected chi connectivity index (χ2v) is 7.46. The number of benzene rings is 1. The van der Waals surface area contributed by atoms with Gasteiger partial charge in [0.1, 0.15) is 5.82 Å². The molecular weight excluding hydrogens is 317 g/mol. The molecule has 3 atom stereocenters. The molecule has 0 bridgehead atoms. The molecular formula is C20H24FN3O. The number of hydrogen-bond donors (Lipinski definition) is 0. The predicted molar refractivity (Wildman–Crippen MR) is 93.8 cm³/mol. The van der Waals surface area contributed by atoms with Gasteiger partial charge in [0, 0.05) is 24.7 Å². The van der Waals surface area contributed by atoms with Crippen LogP contribution in [-0.4, -0.2) is 33.7 Å². The summed E-state index contributed by atoms with van der Waals surface area (Å²) in [5, 5.41) is 4.60. The van der Waals surface area contributed by atoms with Crippen LogP contribution in [0.3, 0.4) is 0 Å². The van der Waals surface area contributed by atoms with E-state index in [1.54, 1.807) is 12.1 Å². The lowest BCUT2D eigenvalue weighted by molar-refractivity contribution is -0.134. The summed E-state index contributed by atoms with van der Waals surface area (Å²) in [7, 11) is 0. The maximum atomic E-state index is 13.4. The average Bonchev–Trinajstić information content (AvgIpc) is 3.33. The number of likely N-dealkylation sites (tertiary alicyclic amines) is 1. The molecule has 1 aliphatic carbocycles. The number of aryl methyl sites for hydroxylation is 2. The minimum absolute atomic E-state index is 0.0148. The molecule has 0 radical (unpaired) electrons. The van der Waals surface area contributed by atoms with Crippen molar-refractivity contribution >= 4 is 5.91 Å². The topological polar surface area (TPSA) is 38.1 Å². The number of aromatic nitrogens is 2. The smallest absolute Gasteiger partial charge is 0.226 e. The maximum absolute atomic E-state index is 13.4. The van der Waals surface area contributed by atoms with E-state index in [-0.39, 0.29) is 29.6 Å². The van der Waals surface area contributed by atoms with Gasteiger partial charge in [-0.15, -0.1) is 0 Å². The molecule has 1 aliphatic heterocycles. The minimum atomic E-state index is -0.224. The summed E-state index contributed by atoms with van der Waals surface area (Å²) in [5.41, 5.74) is 3.13. The SMILES string of the molecule is Cc1cc(C)n([C@@H]2CCCN(C(=O)[C@H]3C[C@@H]3c3cccc(F)c3)C2)n1. The molecule has 1 saturated carbocycles. The van der Waals surface area contributed by atoms with Crippen LogP contribution in [0.5, 0.6) is 0 Å². The zero-order chi connectivity index (χ0) is 17.6. The number of halogens is 1. The number of hydrogen-bond acceptors (Lipinski definition) is 2. The third-order valence-corrected chi connectivity index (χ3v) is 5.48. The summed E-state index contributed by atoms with van der Waals surface area (Å²) in [6.45, 7) is 5.62. The summed E-state index contributed by atoms with van der Waals surface area (Å²) in [5.74, 6) is 0.192. The molecule has 25 heavy (non-hydrogen) atoms. The molecule has 5 heteroatoms. The van der Waals surface area contributed by atoms with Gasteiger partial charge in [0.2, 0.25) is 5.91 Å². The van der Waals surface area contributed by atoms with E-state index in [1.807, 2.05) is 17.9 Å². The number of nitrogens with zero attached hydrogens (tertiary/aromatic N) is 3. The number of piperidine rings is 1. The first kappa shape index (κ1) is 16.3. The molecule has 4 nitrogen and oxygen atoms in total. The Kier molecular flexibility index (Phi) is 4.10. The molecule has 2 aliphatic rings. The summed E-state index contributed by atoms with van der Waals surface area (Å²) >= 11 is 0. The average molecular weight is 341 g/mol. The fourth-order valence-electron chi connectivity index (χ4n) is 4.18. The molecule has 132 valence electrons. The van der Waals surface area contributed by atoms with E-state index in [0.29, 0.717) is 0 Å². The highest BCUT2D eigenvalue weighted by Crippen LogP contribution is 2.49. The second-order valence-electron chi connectivity index (χ2n) is 7.46. The van der Waals surface area contributed by atoms with Crippen molar-refractivity contribution in [2.24, 2.45) is 5.92 Å². The van der Waals surface area contributed by atoms with Crippen LogP contribution < -0.4 is 0 Å². The van der Waals surface area contributed by atoms with Gasteiger partial charge in [-0.05, 0) is 62.8 Å². The summed E-state index contributed by atoms with van der Waals surface area (Å²) < 4.78 is 15.5. The quantitative estimate of drug-likeness (QED) is 0.855. The predicted octanol–water partition coefficient (Wildman–Crippen LogP) is 3.61. The van der Waals surface area contributed by atoms with Crippen LogP contribution in [0.4, 0.5) is 4.39 Å². The molecule has 2 fully saturated rings. The van der Waals surface area contributed by atoms with Crippen molar-refractivity contribution in [2.45, 2.75) is 45.1 Å². The van der Waals surface area contributed by atoms with Crippen molar-refractivity contribution in [3.8, 4) is 0 Å². The van der Waals surface area contributed by atoms with Crippen LogP contribution in [-0.2, 0) is 4.79 Å². The van der Waals surface area contributed by atoms with E-state index in [9.17, 15) is 9.18 Å². The lowest BCUT2D eigenvalue weighted by Crippen LogP contribution is -2.42. The Morgan fingerprint density at radius 3 is 2.84 bits per heavy atom. The van der Waals surface area contributed by atoms with Gasteiger partial charge in [0.05, 0.1) is 11.7 Å². The monoisotopic (exact) mass is 341 g/mol. The molecule has 1 amide bonds. The van der Waals surface area contributed by atoms with E-state index < -0.39 is 0 Å². The Hall–Kier alpha value is -2.17. The molecule has 2 heterocycles. The van der Waals surface area contributed by atoms with Gasteiger partial charge in [-0.25, -0.2) is 4.39 Å². The Morgan fingerprint density at radius 1 is 1.28 bits per heavy atom.